The molecule has 8 nitrogen and oxygen atoms in total. The molecule has 186 valence electrons. The second-order valence-corrected chi connectivity index (χ2v) is 9.82. The lowest BCUT2D eigenvalue weighted by atomic mass is 9.82. The largest absolute Gasteiger partial charge is 0.511 e. The molecule has 0 fully saturated rings. The van der Waals surface area contributed by atoms with Crippen LogP contribution < -0.4 is 0 Å². The van der Waals surface area contributed by atoms with E-state index in [1.54, 1.807) is 18.5 Å². The lowest BCUT2D eigenvalue weighted by Gasteiger charge is -2.28. The quantitative estimate of drug-likeness (QED) is 0.570. The van der Waals surface area contributed by atoms with Crippen molar-refractivity contribution in [1.82, 2.24) is 14.9 Å². The van der Waals surface area contributed by atoms with Crippen molar-refractivity contribution < 1.29 is 19.8 Å². The van der Waals surface area contributed by atoms with E-state index in [1.165, 1.54) is 5.56 Å². The molecule has 8 heteroatoms. The summed E-state index contributed by atoms with van der Waals surface area (Å²) in [5.41, 5.74) is 8.04. The monoisotopic (exact) mass is 486 g/mol. The molecule has 36 heavy (non-hydrogen) atoms. The highest BCUT2D eigenvalue weighted by Crippen LogP contribution is 2.41. The maximum Gasteiger partial charge on any atom is 0.172 e. The summed E-state index contributed by atoms with van der Waals surface area (Å²) in [5.74, 6) is 0.930. The van der Waals surface area contributed by atoms with Crippen LogP contribution in [0.2, 0.25) is 0 Å². The van der Waals surface area contributed by atoms with Crippen LogP contribution in [-0.4, -0.2) is 64.1 Å². The molecular formula is C28H30N4O4. The number of hydrogen-bond acceptors (Lipinski definition) is 6. The van der Waals surface area contributed by atoms with Crippen LogP contribution >= 0.6 is 0 Å². The summed E-state index contributed by atoms with van der Waals surface area (Å²) in [6.45, 7) is 1.48. The number of aromatic amines is 1. The molecule has 8 bridgehead atoms. The molecule has 6 rings (SSSR count). The van der Waals surface area contributed by atoms with E-state index in [-0.39, 0.29) is 23.4 Å². The van der Waals surface area contributed by atoms with E-state index in [4.69, 9.17) is 9.41 Å². The molecule has 1 aromatic heterocycles. The molecule has 1 atom stereocenters. The van der Waals surface area contributed by atoms with E-state index >= 15 is 0 Å². The van der Waals surface area contributed by atoms with Crippen LogP contribution in [0, 0.1) is 5.92 Å². The van der Waals surface area contributed by atoms with Gasteiger partial charge in [0.25, 0.3) is 0 Å². The van der Waals surface area contributed by atoms with Gasteiger partial charge in [-0.05, 0) is 61.8 Å². The third kappa shape index (κ3) is 4.02. The maximum absolute atomic E-state index is 13.1. The van der Waals surface area contributed by atoms with Crippen LogP contribution in [0.15, 0.2) is 58.2 Å². The number of aromatic nitrogens is 2. The number of nitrogens with zero attached hydrogens (tertiary/aromatic N) is 3. The van der Waals surface area contributed by atoms with E-state index in [1.807, 2.05) is 12.4 Å². The molecule has 5 aliphatic rings. The van der Waals surface area contributed by atoms with Gasteiger partial charge in [-0.25, -0.2) is 0 Å². The van der Waals surface area contributed by atoms with Crippen molar-refractivity contribution in [2.45, 2.75) is 25.7 Å². The molecular weight excluding hydrogens is 456 g/mol. The Kier molecular flexibility index (Phi) is 6.24. The van der Waals surface area contributed by atoms with E-state index in [0.29, 0.717) is 41.5 Å². The number of aliphatic imine (C=N–C) groups is 1. The third-order valence-corrected chi connectivity index (χ3v) is 7.16. The predicted octanol–water partition coefficient (Wildman–Crippen LogP) is 3.78. The van der Waals surface area contributed by atoms with Crippen molar-refractivity contribution in [3.8, 4) is 11.1 Å². The van der Waals surface area contributed by atoms with Gasteiger partial charge in [0.15, 0.2) is 5.78 Å². The van der Waals surface area contributed by atoms with Crippen molar-refractivity contribution in [2.75, 3.05) is 27.2 Å². The molecule has 2 aliphatic heterocycles. The number of aryl methyl sites for hydroxylation is 1. The first kappa shape index (κ1) is 24.0. The second kappa shape index (κ2) is 9.37. The topological polar surface area (TPSA) is 126 Å². The number of fused-ring (bicyclic) bond motifs is 5. The minimum absolute atomic E-state index is 0. The molecule has 4 N–H and O–H groups in total. The van der Waals surface area contributed by atoms with Crippen LogP contribution in [0.3, 0.4) is 0 Å². The Bertz CT molecular complexity index is 1430. The second-order valence-electron chi connectivity index (χ2n) is 9.82. The number of ketones is 1. The van der Waals surface area contributed by atoms with Gasteiger partial charge in [0, 0.05) is 72.0 Å². The van der Waals surface area contributed by atoms with Gasteiger partial charge in [0.05, 0.1) is 12.1 Å². The summed E-state index contributed by atoms with van der Waals surface area (Å²) in [4.78, 5) is 28.1. The third-order valence-electron chi connectivity index (χ3n) is 7.16. The number of Topliss-reactive ketones (excluding diaryl/α,β-unsaturated/α-hetero) is 1. The number of H-pyrrole nitrogens is 1. The molecule has 0 aromatic carbocycles. The Morgan fingerprint density at radius 2 is 1.97 bits per heavy atom. The maximum atomic E-state index is 13.1. The molecule has 1 aromatic rings. The van der Waals surface area contributed by atoms with Crippen molar-refractivity contribution >= 4 is 17.1 Å². The van der Waals surface area contributed by atoms with Crippen molar-refractivity contribution in [2.24, 2.45) is 10.9 Å². The van der Waals surface area contributed by atoms with Crippen LogP contribution in [0.1, 0.15) is 51.3 Å². The molecule has 3 aliphatic carbocycles. The zero-order valence-corrected chi connectivity index (χ0v) is 20.5. The van der Waals surface area contributed by atoms with Crippen LogP contribution in [0.25, 0.3) is 16.7 Å². The van der Waals surface area contributed by atoms with Gasteiger partial charge in [-0.1, -0.05) is 0 Å². The number of hydrogen-bond donors (Lipinski definition) is 2. The van der Waals surface area contributed by atoms with Gasteiger partial charge in [-0.3, -0.25) is 14.8 Å². The van der Waals surface area contributed by atoms with E-state index < -0.39 is 0 Å². The Labute approximate surface area is 209 Å². The molecule has 0 amide bonds. The van der Waals surface area contributed by atoms with Crippen LogP contribution in [-0.2, 0) is 12.8 Å². The number of allylic oxidation sites excluding steroid dienone is 1. The number of nitrogens with one attached hydrogen (secondary N) is 1. The lowest BCUT2D eigenvalue weighted by Crippen LogP contribution is -2.32. The van der Waals surface area contributed by atoms with Crippen LogP contribution in [0.5, 0.6) is 0 Å². The number of carbonyl (C=O) groups excluding carboxylic acids is 1. The fourth-order valence-electron chi connectivity index (χ4n) is 5.62. The molecule has 3 heterocycles. The Morgan fingerprint density at radius 1 is 1.11 bits per heavy atom. The van der Waals surface area contributed by atoms with Crippen molar-refractivity contribution in [3.05, 3.63) is 82.5 Å². The number of rotatable bonds is 2. The predicted molar refractivity (Wildman–Crippen MR) is 138 cm³/mol. The fraction of sp³-hybridized carbons (Fsp3) is 0.321. The highest BCUT2D eigenvalue weighted by atomic mass is 16.3. The van der Waals surface area contributed by atoms with Crippen molar-refractivity contribution in [1.29, 1.82) is 0 Å². The summed E-state index contributed by atoms with van der Waals surface area (Å²) in [6.07, 6.45) is 9.41. The number of carbonyl (C=O) groups is 1. The van der Waals surface area contributed by atoms with Gasteiger partial charge in [0.1, 0.15) is 17.8 Å². The lowest BCUT2D eigenvalue weighted by molar-refractivity contribution is 0.0977. The Balaban J connectivity index is 0.00000267. The first-order chi connectivity index (χ1) is 17.0. The van der Waals surface area contributed by atoms with Gasteiger partial charge in [0.2, 0.25) is 0 Å². The minimum Gasteiger partial charge on any atom is -0.511 e. The molecule has 0 unspecified atom stereocenters. The summed E-state index contributed by atoms with van der Waals surface area (Å²) in [6, 6.07) is 6.19. The molecule has 0 spiro atoms. The highest BCUT2D eigenvalue weighted by molar-refractivity contribution is 6.09. The summed E-state index contributed by atoms with van der Waals surface area (Å²) in [7, 11) is 4.20. The normalized spacial score (nSPS) is 18.4. The standard InChI is InChI=1S/C28H28N4O3.H2O/c1-32(2)15-17-4-3-16-9-21-23-14-29-13-18(23)10-20(16)27(17)30-6-5-19-11-22-24(33)12-25(34)26(21)28(22)31-7-8-35-19;/h7-11,13-14,17,31,34H,3-6,12,15H2,1-2H3;1H2/t17-;/m0./s1. The SMILES string of the molecule is CN(C)C[C@@H]1CCc2cc3c4cncc-4cc2C1=NCCc1cc2c([nH]cco1)C3=C(O)CC2=O.O. The van der Waals surface area contributed by atoms with Gasteiger partial charge in [-0.15, -0.1) is 0 Å². The molecule has 0 saturated heterocycles. The minimum atomic E-state index is -0.141. The van der Waals surface area contributed by atoms with Crippen molar-refractivity contribution in [3.63, 3.8) is 0 Å². The smallest absolute Gasteiger partial charge is 0.172 e. The number of aliphatic hydroxyl groups is 1. The molecule has 0 saturated carbocycles. The van der Waals surface area contributed by atoms with E-state index in [0.717, 1.165) is 47.4 Å². The van der Waals surface area contributed by atoms with Gasteiger partial charge >= 0.3 is 0 Å². The van der Waals surface area contributed by atoms with E-state index in [9.17, 15) is 9.90 Å². The average molecular weight is 487 g/mol. The van der Waals surface area contributed by atoms with Gasteiger partial charge < -0.3 is 24.9 Å². The van der Waals surface area contributed by atoms with Gasteiger partial charge in [-0.2, -0.15) is 0 Å². The Hall–Kier alpha value is -3.75. The summed E-state index contributed by atoms with van der Waals surface area (Å²) < 4.78 is 5.84. The zero-order chi connectivity index (χ0) is 24.1. The number of aliphatic hydroxyl groups excluding tert-OH is 1. The highest BCUT2D eigenvalue weighted by Gasteiger charge is 2.32. The average Bonchev–Trinajstić information content (AvgIpc) is 3.19. The molecule has 0 radical (unpaired) electrons. The summed E-state index contributed by atoms with van der Waals surface area (Å²) >= 11 is 0. The van der Waals surface area contributed by atoms with E-state index in [2.05, 4.69) is 41.1 Å². The Morgan fingerprint density at radius 3 is 2.81 bits per heavy atom. The zero-order valence-electron chi connectivity index (χ0n) is 20.5. The summed E-state index contributed by atoms with van der Waals surface area (Å²) in [5, 5.41) is 11.2. The first-order valence-electron chi connectivity index (χ1n) is 12.1. The fourth-order valence-corrected chi connectivity index (χ4v) is 5.62. The van der Waals surface area contributed by atoms with Crippen LogP contribution in [0.4, 0.5) is 0 Å². The first-order valence-corrected chi connectivity index (χ1v) is 12.1.